The Labute approximate surface area is 81.4 Å². The molecule has 0 aromatic carbocycles. The highest BCUT2D eigenvalue weighted by molar-refractivity contribution is 9.42. The molecule has 0 bridgehead atoms. The SMILES string of the molecule is CC(C)(C)[P+](C)(Br)CCBr. The highest BCUT2D eigenvalue weighted by Gasteiger charge is 2.42. The van der Waals surface area contributed by atoms with Crippen LogP contribution in [0.25, 0.3) is 0 Å². The molecule has 0 aliphatic heterocycles. The minimum Gasteiger partial charge on any atom is -0.0888 e. The Morgan fingerprint density at radius 1 is 1.30 bits per heavy atom. The monoisotopic (exact) mass is 289 g/mol. The van der Waals surface area contributed by atoms with Crippen molar-refractivity contribution in [3.63, 3.8) is 0 Å². The van der Waals surface area contributed by atoms with E-state index in [0.29, 0.717) is 5.16 Å². The quantitative estimate of drug-likeness (QED) is 0.530. The van der Waals surface area contributed by atoms with Crippen molar-refractivity contribution in [2.45, 2.75) is 25.9 Å². The zero-order valence-electron chi connectivity index (χ0n) is 7.12. The van der Waals surface area contributed by atoms with Crippen LogP contribution in [0, 0.1) is 0 Å². The van der Waals surface area contributed by atoms with Crippen molar-refractivity contribution in [3.05, 3.63) is 0 Å². The topological polar surface area (TPSA) is 0 Å². The number of alkyl halides is 1. The lowest BCUT2D eigenvalue weighted by Crippen LogP contribution is -2.18. The lowest BCUT2D eigenvalue weighted by molar-refractivity contribution is 0.782. The van der Waals surface area contributed by atoms with Gasteiger partial charge in [-0.3, -0.25) is 0 Å². The van der Waals surface area contributed by atoms with Gasteiger partial charge in [-0.2, -0.15) is 0 Å². The first-order valence-electron chi connectivity index (χ1n) is 3.42. The van der Waals surface area contributed by atoms with E-state index in [-0.39, 0.29) is 0 Å². The summed E-state index contributed by atoms with van der Waals surface area (Å²) >= 11 is 7.32. The van der Waals surface area contributed by atoms with Crippen molar-refractivity contribution in [2.75, 3.05) is 18.2 Å². The molecule has 0 nitrogen and oxygen atoms in total. The van der Waals surface area contributed by atoms with Crippen molar-refractivity contribution in [1.82, 2.24) is 0 Å². The Bertz CT molecular complexity index is 105. The molecule has 0 aliphatic carbocycles. The Morgan fingerprint density at radius 2 is 1.70 bits per heavy atom. The summed E-state index contributed by atoms with van der Waals surface area (Å²) < 4.78 is 0. The molecule has 0 N–H and O–H groups in total. The van der Waals surface area contributed by atoms with Crippen LogP contribution in [0.1, 0.15) is 20.8 Å². The Balaban J connectivity index is 4.10. The molecule has 1 atom stereocenters. The third-order valence-electron chi connectivity index (χ3n) is 1.90. The summed E-state index contributed by atoms with van der Waals surface area (Å²) in [6, 6.07) is 0. The van der Waals surface area contributed by atoms with Crippen LogP contribution >= 0.6 is 37.4 Å². The summed E-state index contributed by atoms with van der Waals surface area (Å²) in [5.74, 6) is -0.861. The molecule has 0 saturated carbocycles. The molecule has 3 heteroatoms. The first-order chi connectivity index (χ1) is 4.31. The molecular formula is C7H16Br2P+. The normalized spacial score (nSPS) is 18.6. The lowest BCUT2D eigenvalue weighted by atomic mass is 10.3. The Kier molecular flexibility index (Phi) is 4.41. The van der Waals surface area contributed by atoms with Gasteiger partial charge in [0.05, 0.1) is 23.9 Å². The largest absolute Gasteiger partial charge is 0.139 e. The first-order valence-corrected chi connectivity index (χ1v) is 8.98. The van der Waals surface area contributed by atoms with Gasteiger partial charge in [0.2, 0.25) is 0 Å². The minimum absolute atomic E-state index is 0.445. The predicted molar refractivity (Wildman–Crippen MR) is 60.2 cm³/mol. The minimum atomic E-state index is -0.861. The highest BCUT2D eigenvalue weighted by atomic mass is 79.9. The molecule has 0 aromatic heterocycles. The summed E-state index contributed by atoms with van der Waals surface area (Å²) in [7, 11) is 0. The average molecular weight is 291 g/mol. The van der Waals surface area contributed by atoms with Crippen LogP contribution in [0.2, 0.25) is 0 Å². The molecule has 0 heterocycles. The molecule has 62 valence electrons. The van der Waals surface area contributed by atoms with Gasteiger partial charge in [-0.25, -0.2) is 0 Å². The van der Waals surface area contributed by atoms with Gasteiger partial charge in [-0.15, -0.1) is 0 Å². The number of rotatable bonds is 2. The van der Waals surface area contributed by atoms with Crippen LogP contribution in [-0.4, -0.2) is 23.3 Å². The molecule has 0 aromatic rings. The molecule has 0 fully saturated rings. The average Bonchev–Trinajstić information content (AvgIpc) is 1.61. The van der Waals surface area contributed by atoms with E-state index >= 15 is 0 Å². The van der Waals surface area contributed by atoms with E-state index in [0.717, 1.165) is 5.33 Å². The van der Waals surface area contributed by atoms with Crippen molar-refractivity contribution in [2.24, 2.45) is 0 Å². The zero-order valence-corrected chi connectivity index (χ0v) is 11.2. The van der Waals surface area contributed by atoms with E-state index in [4.69, 9.17) is 0 Å². The lowest BCUT2D eigenvalue weighted by Gasteiger charge is -2.28. The maximum atomic E-state index is 3.84. The summed E-state index contributed by atoms with van der Waals surface area (Å²) in [4.78, 5) is 0. The van der Waals surface area contributed by atoms with Crippen LogP contribution in [-0.2, 0) is 0 Å². The second-order valence-electron chi connectivity index (χ2n) is 3.65. The van der Waals surface area contributed by atoms with Crippen molar-refractivity contribution < 1.29 is 0 Å². The first kappa shape index (κ1) is 11.4. The molecule has 0 saturated heterocycles. The molecule has 1 unspecified atom stereocenters. The summed E-state index contributed by atoms with van der Waals surface area (Å²) in [6.07, 6.45) is 1.27. The van der Waals surface area contributed by atoms with Crippen LogP contribution < -0.4 is 0 Å². The number of halogens is 2. The van der Waals surface area contributed by atoms with Gasteiger partial charge < -0.3 is 0 Å². The second kappa shape index (κ2) is 3.87. The van der Waals surface area contributed by atoms with Gasteiger partial charge in [0.15, 0.2) is 0 Å². The highest BCUT2D eigenvalue weighted by Crippen LogP contribution is 2.72. The maximum Gasteiger partial charge on any atom is 0.139 e. The zero-order chi connectivity index (χ0) is 8.41. The molecule has 0 rings (SSSR count). The summed E-state index contributed by atoms with van der Waals surface area (Å²) in [5.41, 5.74) is 0. The van der Waals surface area contributed by atoms with E-state index in [1.54, 1.807) is 0 Å². The van der Waals surface area contributed by atoms with E-state index in [1.807, 2.05) is 0 Å². The van der Waals surface area contributed by atoms with Gasteiger partial charge in [0.1, 0.15) is 15.5 Å². The Hall–Kier alpha value is 1.39. The number of hydrogen-bond acceptors (Lipinski definition) is 0. The molecule has 0 radical (unpaired) electrons. The van der Waals surface area contributed by atoms with Gasteiger partial charge in [0, 0.05) is 5.33 Å². The van der Waals surface area contributed by atoms with Crippen LogP contribution in [0.3, 0.4) is 0 Å². The van der Waals surface area contributed by atoms with E-state index in [2.05, 4.69) is 58.9 Å². The van der Waals surface area contributed by atoms with Gasteiger partial charge in [-0.1, -0.05) is 15.9 Å². The van der Waals surface area contributed by atoms with Crippen LogP contribution in [0.5, 0.6) is 0 Å². The third kappa shape index (κ3) is 3.19. The van der Waals surface area contributed by atoms with Gasteiger partial charge in [0.25, 0.3) is 0 Å². The molecule has 10 heavy (non-hydrogen) atoms. The van der Waals surface area contributed by atoms with Crippen molar-refractivity contribution in [1.29, 1.82) is 0 Å². The third-order valence-corrected chi connectivity index (χ3v) is 11.0. The molecule has 0 amide bonds. The van der Waals surface area contributed by atoms with Crippen molar-refractivity contribution >= 4 is 37.4 Å². The fourth-order valence-corrected chi connectivity index (χ4v) is 5.57. The van der Waals surface area contributed by atoms with E-state index in [9.17, 15) is 0 Å². The predicted octanol–water partition coefficient (Wildman–Crippen LogP) is 4.14. The summed E-state index contributed by atoms with van der Waals surface area (Å²) in [6.45, 7) is 9.27. The molecular weight excluding hydrogens is 275 g/mol. The summed E-state index contributed by atoms with van der Waals surface area (Å²) in [5, 5.41) is 1.56. The van der Waals surface area contributed by atoms with E-state index in [1.165, 1.54) is 6.16 Å². The van der Waals surface area contributed by atoms with Crippen LogP contribution in [0.4, 0.5) is 0 Å². The van der Waals surface area contributed by atoms with Gasteiger partial charge in [-0.05, 0) is 20.8 Å². The fourth-order valence-electron chi connectivity index (χ4n) is 0.494. The van der Waals surface area contributed by atoms with Gasteiger partial charge >= 0.3 is 0 Å². The molecule has 0 aliphatic rings. The Morgan fingerprint density at radius 3 is 1.80 bits per heavy atom. The smallest absolute Gasteiger partial charge is 0.0888 e. The standard InChI is InChI=1S/C7H16Br2P/c1-7(2,3)10(4,9)6-5-8/h5-6H2,1-4H3/q+1. The van der Waals surface area contributed by atoms with Crippen LogP contribution in [0.15, 0.2) is 0 Å². The second-order valence-corrected chi connectivity index (χ2v) is 13.1. The number of hydrogen-bond donors (Lipinski definition) is 0. The molecule has 0 spiro atoms. The van der Waals surface area contributed by atoms with E-state index < -0.39 is 5.96 Å². The maximum absolute atomic E-state index is 3.84. The van der Waals surface area contributed by atoms with Crippen molar-refractivity contribution in [3.8, 4) is 0 Å². The fraction of sp³-hybridized carbons (Fsp3) is 1.00.